The number of nitro groups is 3. The lowest BCUT2D eigenvalue weighted by atomic mass is 10.0. The molecule has 0 heterocycles. The van der Waals surface area contributed by atoms with Crippen LogP contribution in [0, 0.1) is 30.3 Å². The summed E-state index contributed by atoms with van der Waals surface area (Å²) in [5.74, 6) is -11.0. The van der Waals surface area contributed by atoms with Crippen LogP contribution in [0.15, 0.2) is 54.6 Å². The molecule has 218 valence electrons. The summed E-state index contributed by atoms with van der Waals surface area (Å²) in [5.41, 5.74) is -9.22. The van der Waals surface area contributed by atoms with Gasteiger partial charge in [0, 0.05) is 24.3 Å². The third-order valence-corrected chi connectivity index (χ3v) is 5.37. The van der Waals surface area contributed by atoms with Crippen molar-refractivity contribution in [1.82, 2.24) is 0 Å². The molecule has 0 aliphatic rings. The molecule has 0 spiro atoms. The van der Waals surface area contributed by atoms with Crippen LogP contribution < -0.4 is 0 Å². The average Bonchev–Trinajstić information content (AvgIpc) is 2.95. The molecule has 3 aromatic carbocycles. The van der Waals surface area contributed by atoms with Crippen LogP contribution in [0.1, 0.15) is 62.1 Å². The maximum Gasteiger partial charge on any atom is 0.347 e. The van der Waals surface area contributed by atoms with Crippen LogP contribution in [0.25, 0.3) is 0 Å². The Morgan fingerprint density at radius 2 is 0.930 bits per heavy atom. The number of benzene rings is 3. The molecule has 0 amide bonds. The Bertz CT molecular complexity index is 1790. The van der Waals surface area contributed by atoms with E-state index in [0.717, 1.165) is 36.4 Å². The second kappa shape index (κ2) is 12.1. The highest BCUT2D eigenvalue weighted by molar-refractivity contribution is 6.14. The van der Waals surface area contributed by atoms with Gasteiger partial charge < -0.3 is 19.7 Å². The normalized spacial score (nSPS) is 10.2. The van der Waals surface area contributed by atoms with Gasteiger partial charge in [0.05, 0.1) is 37.0 Å². The first-order chi connectivity index (χ1) is 20.1. The lowest BCUT2D eigenvalue weighted by Crippen LogP contribution is -2.22. The van der Waals surface area contributed by atoms with Crippen molar-refractivity contribution in [2.75, 3.05) is 0 Å². The number of aromatic carboxylic acids is 2. The van der Waals surface area contributed by atoms with Crippen LogP contribution in [0.5, 0.6) is 0 Å². The van der Waals surface area contributed by atoms with E-state index in [1.165, 1.54) is 0 Å². The number of carboxylic acids is 2. The van der Waals surface area contributed by atoms with E-state index in [0.29, 0.717) is 18.2 Å². The zero-order chi connectivity index (χ0) is 32.2. The summed E-state index contributed by atoms with van der Waals surface area (Å²) in [6.45, 7) is 0. The minimum Gasteiger partial charge on any atom is -0.477 e. The zero-order valence-corrected chi connectivity index (χ0v) is 20.6. The largest absolute Gasteiger partial charge is 0.477 e. The van der Waals surface area contributed by atoms with Crippen LogP contribution in [-0.4, -0.2) is 60.8 Å². The smallest absolute Gasteiger partial charge is 0.347 e. The molecule has 0 bridgehead atoms. The van der Waals surface area contributed by atoms with Gasteiger partial charge in [0.2, 0.25) is 0 Å². The Balaban J connectivity index is 2.02. The summed E-state index contributed by atoms with van der Waals surface area (Å²) < 4.78 is 9.07. The first-order valence-corrected chi connectivity index (χ1v) is 11.0. The number of esters is 4. The number of carboxylic acid groups (broad SMARTS) is 2. The molecule has 19 nitrogen and oxygen atoms in total. The van der Waals surface area contributed by atoms with Gasteiger partial charge in [-0.2, -0.15) is 0 Å². The Morgan fingerprint density at radius 3 is 1.30 bits per heavy atom. The molecule has 0 saturated heterocycles. The fourth-order valence-electron chi connectivity index (χ4n) is 3.56. The maximum absolute atomic E-state index is 12.9. The molecule has 0 fully saturated rings. The average molecular weight is 597 g/mol. The minimum atomic E-state index is -1.95. The molecule has 0 saturated carbocycles. The topological polar surface area (TPSA) is 291 Å². The molecule has 19 heteroatoms. The molecular weight excluding hydrogens is 586 g/mol. The molecule has 0 aliphatic carbocycles. The molecule has 0 aromatic heterocycles. The molecule has 2 N–H and O–H groups in total. The number of hydrogen-bond acceptors (Lipinski definition) is 14. The number of rotatable bonds is 9. The van der Waals surface area contributed by atoms with E-state index in [2.05, 4.69) is 9.47 Å². The van der Waals surface area contributed by atoms with Crippen LogP contribution in [0.2, 0.25) is 0 Å². The summed E-state index contributed by atoms with van der Waals surface area (Å²) in [5, 5.41) is 52.3. The highest BCUT2D eigenvalue weighted by Crippen LogP contribution is 2.26. The van der Waals surface area contributed by atoms with Crippen LogP contribution >= 0.6 is 0 Å². The molecular formula is C24H11N3O16. The van der Waals surface area contributed by atoms with Crippen LogP contribution in [0.3, 0.4) is 0 Å². The van der Waals surface area contributed by atoms with E-state index in [9.17, 15) is 69.3 Å². The number of carbonyl (C=O) groups excluding carboxylic acids is 4. The van der Waals surface area contributed by atoms with Crippen molar-refractivity contribution in [2.24, 2.45) is 0 Å². The Kier molecular flexibility index (Phi) is 8.60. The first-order valence-electron chi connectivity index (χ1n) is 11.0. The van der Waals surface area contributed by atoms with Crippen molar-refractivity contribution in [1.29, 1.82) is 0 Å². The van der Waals surface area contributed by atoms with Gasteiger partial charge in [-0.3, -0.25) is 30.3 Å². The molecule has 0 aliphatic heterocycles. The maximum atomic E-state index is 12.9. The monoisotopic (exact) mass is 597 g/mol. The quantitative estimate of drug-likeness (QED) is 0.155. The van der Waals surface area contributed by atoms with Crippen LogP contribution in [-0.2, 0) is 9.47 Å². The number of nitrogens with zero attached hydrogens (tertiary/aromatic N) is 3. The van der Waals surface area contributed by atoms with Gasteiger partial charge in [0.15, 0.2) is 11.1 Å². The zero-order valence-electron chi connectivity index (χ0n) is 20.6. The fraction of sp³-hybridized carbons (Fsp3) is 0. The van der Waals surface area contributed by atoms with E-state index < -0.39 is 101 Å². The van der Waals surface area contributed by atoms with Gasteiger partial charge in [-0.25, -0.2) is 28.8 Å². The summed E-state index contributed by atoms with van der Waals surface area (Å²) in [4.78, 5) is 104. The van der Waals surface area contributed by atoms with E-state index in [-0.39, 0.29) is 0 Å². The lowest BCUT2D eigenvalue weighted by Gasteiger charge is -2.10. The fourth-order valence-corrected chi connectivity index (χ4v) is 3.56. The minimum absolute atomic E-state index is 0.415. The number of hydrogen-bond donors (Lipinski definition) is 2. The molecule has 3 aromatic rings. The summed E-state index contributed by atoms with van der Waals surface area (Å²) in [6, 6.07) is 6.50. The molecule has 0 atom stereocenters. The lowest BCUT2D eigenvalue weighted by molar-refractivity contribution is -0.385. The van der Waals surface area contributed by atoms with Crippen LogP contribution in [0.4, 0.5) is 17.1 Å². The Morgan fingerprint density at radius 1 is 0.535 bits per heavy atom. The van der Waals surface area contributed by atoms with E-state index in [4.69, 9.17) is 0 Å². The van der Waals surface area contributed by atoms with Gasteiger partial charge in [-0.1, -0.05) is 12.1 Å². The second-order valence-electron chi connectivity index (χ2n) is 7.86. The number of nitro benzene ring substituents is 3. The van der Waals surface area contributed by atoms with E-state index in [1.807, 2.05) is 0 Å². The van der Waals surface area contributed by atoms with Crippen molar-refractivity contribution in [3.05, 3.63) is 118 Å². The SMILES string of the molecule is O=C(OC(=O)c1cccc([N+](=O)[O-])c1C(=O)O)c1ccc([N+](=O)[O-])cc1C(=O)OC(=O)c1cccc([N+](=O)[O-])c1C(=O)O. The Hall–Kier alpha value is -6.92. The summed E-state index contributed by atoms with van der Waals surface area (Å²) in [7, 11) is 0. The van der Waals surface area contributed by atoms with Crippen molar-refractivity contribution in [3.8, 4) is 0 Å². The highest BCUT2D eigenvalue weighted by atomic mass is 16.6. The van der Waals surface area contributed by atoms with Crippen molar-refractivity contribution in [2.45, 2.75) is 0 Å². The summed E-state index contributed by atoms with van der Waals surface area (Å²) in [6.07, 6.45) is 0. The standard InChI is InChI=1S/C24H11N3O16/c28-19(29)17-12(3-1-5-15(17)26(38)39)22(33)42-21(32)11-8-7-10(25(36)37)9-14(11)24(35)43-23(34)13-4-2-6-16(27(40)41)18(13)20(30)31/h1-9H,(H,28,29)(H,30,31). The summed E-state index contributed by atoms with van der Waals surface area (Å²) >= 11 is 0. The van der Waals surface area contributed by atoms with Gasteiger partial charge >= 0.3 is 35.8 Å². The highest BCUT2D eigenvalue weighted by Gasteiger charge is 2.33. The van der Waals surface area contributed by atoms with Crippen molar-refractivity contribution in [3.63, 3.8) is 0 Å². The van der Waals surface area contributed by atoms with E-state index >= 15 is 0 Å². The van der Waals surface area contributed by atoms with Gasteiger partial charge in [-0.05, 0) is 18.2 Å². The molecule has 3 rings (SSSR count). The Labute approximate surface area is 234 Å². The van der Waals surface area contributed by atoms with Crippen molar-refractivity contribution < 1.29 is 63.2 Å². The predicted octanol–water partition coefficient (Wildman–Crippen LogP) is 2.80. The third kappa shape index (κ3) is 6.30. The first kappa shape index (κ1) is 30.6. The van der Waals surface area contributed by atoms with Gasteiger partial charge in [0.25, 0.3) is 17.1 Å². The predicted molar refractivity (Wildman–Crippen MR) is 133 cm³/mol. The second-order valence-corrected chi connectivity index (χ2v) is 7.86. The third-order valence-electron chi connectivity index (χ3n) is 5.37. The van der Waals surface area contributed by atoms with Gasteiger partial charge in [-0.15, -0.1) is 0 Å². The van der Waals surface area contributed by atoms with E-state index in [1.54, 1.807) is 0 Å². The molecule has 43 heavy (non-hydrogen) atoms. The number of carbonyl (C=O) groups is 6. The van der Waals surface area contributed by atoms with Gasteiger partial charge in [0.1, 0.15) is 0 Å². The number of non-ortho nitro benzene ring substituents is 1. The molecule has 0 unspecified atom stereocenters. The molecule has 0 radical (unpaired) electrons. The van der Waals surface area contributed by atoms with Crippen molar-refractivity contribution >= 4 is 52.9 Å². The number of ether oxygens (including phenoxy) is 2.